The van der Waals surface area contributed by atoms with E-state index in [0.717, 1.165) is 62.8 Å². The van der Waals surface area contributed by atoms with Crippen molar-refractivity contribution in [1.29, 1.82) is 0 Å². The molecule has 2 aliphatic rings. The van der Waals surface area contributed by atoms with Crippen molar-refractivity contribution in [3.63, 3.8) is 0 Å². The minimum absolute atomic E-state index is 0.0609. The molecule has 1 amide bonds. The first-order chi connectivity index (χ1) is 11.2. The van der Waals surface area contributed by atoms with Crippen molar-refractivity contribution in [2.45, 2.75) is 71.6 Å². The number of aromatic nitrogens is 1. The number of rotatable bonds is 2. The van der Waals surface area contributed by atoms with Gasteiger partial charge in [0.15, 0.2) is 0 Å². The summed E-state index contributed by atoms with van der Waals surface area (Å²) in [7, 11) is 0. The van der Waals surface area contributed by atoms with Gasteiger partial charge in [-0.05, 0) is 53.9 Å². The van der Waals surface area contributed by atoms with Gasteiger partial charge in [0.1, 0.15) is 11.4 Å². The van der Waals surface area contributed by atoms with Crippen molar-refractivity contribution in [1.82, 2.24) is 14.8 Å². The van der Waals surface area contributed by atoms with Crippen LogP contribution in [0.1, 0.15) is 57.4 Å². The molecule has 1 aromatic heterocycles. The summed E-state index contributed by atoms with van der Waals surface area (Å²) in [5.74, 6) is 1.66. The molecule has 1 unspecified atom stereocenters. The second-order valence-electron chi connectivity index (χ2n) is 8.15. The zero-order valence-corrected chi connectivity index (χ0v) is 15.5. The summed E-state index contributed by atoms with van der Waals surface area (Å²) in [5.41, 5.74) is 0.568. The van der Waals surface area contributed by atoms with Crippen molar-refractivity contribution < 1.29 is 13.9 Å². The third kappa shape index (κ3) is 3.43. The van der Waals surface area contributed by atoms with Crippen molar-refractivity contribution in [2.24, 2.45) is 0 Å². The van der Waals surface area contributed by atoms with Crippen molar-refractivity contribution in [2.75, 3.05) is 19.6 Å². The minimum atomic E-state index is -0.450. The van der Waals surface area contributed by atoms with Gasteiger partial charge >= 0.3 is 6.09 Å². The average molecular weight is 335 g/mol. The number of carbonyl (C=O) groups is 1. The molecular formula is C18H29N3O3. The monoisotopic (exact) mass is 335 g/mol. The molecule has 0 N–H and O–H groups in total. The molecule has 134 valence electrons. The summed E-state index contributed by atoms with van der Waals surface area (Å²) >= 11 is 0. The molecule has 6 nitrogen and oxygen atoms in total. The van der Waals surface area contributed by atoms with Crippen molar-refractivity contribution >= 4 is 6.09 Å². The van der Waals surface area contributed by atoms with Gasteiger partial charge in [0.25, 0.3) is 0 Å². The van der Waals surface area contributed by atoms with E-state index in [0.29, 0.717) is 0 Å². The van der Waals surface area contributed by atoms with Gasteiger partial charge in [0, 0.05) is 25.2 Å². The fourth-order valence-corrected chi connectivity index (χ4v) is 3.66. The van der Waals surface area contributed by atoms with E-state index < -0.39 is 5.60 Å². The van der Waals surface area contributed by atoms with Gasteiger partial charge in [-0.15, -0.1) is 0 Å². The van der Waals surface area contributed by atoms with E-state index in [-0.39, 0.29) is 11.6 Å². The topological polar surface area (TPSA) is 58.8 Å². The van der Waals surface area contributed by atoms with E-state index in [1.165, 1.54) is 0 Å². The quantitative estimate of drug-likeness (QED) is 0.830. The predicted octanol–water partition coefficient (Wildman–Crippen LogP) is 3.27. The second kappa shape index (κ2) is 6.06. The van der Waals surface area contributed by atoms with Crippen molar-refractivity contribution in [3.8, 4) is 0 Å². The molecule has 1 atom stereocenters. The number of hydrogen-bond acceptors (Lipinski definition) is 5. The van der Waals surface area contributed by atoms with Crippen LogP contribution in [0.2, 0.25) is 0 Å². The van der Waals surface area contributed by atoms with Gasteiger partial charge < -0.3 is 14.1 Å². The molecule has 0 radical (unpaired) electrons. The Kier molecular flexibility index (Phi) is 4.36. The Morgan fingerprint density at radius 3 is 2.58 bits per heavy atom. The SMILES string of the molecule is Cc1nc(CN2CCC23CCCN(C(=O)OC(C)(C)C)C3)oc1C. The zero-order chi connectivity index (χ0) is 17.5. The molecule has 3 heterocycles. The smallest absolute Gasteiger partial charge is 0.410 e. The normalized spacial score (nSPS) is 25.0. The number of carbonyl (C=O) groups excluding carboxylic acids is 1. The molecule has 24 heavy (non-hydrogen) atoms. The number of aryl methyl sites for hydroxylation is 2. The van der Waals surface area contributed by atoms with Gasteiger partial charge in [-0.25, -0.2) is 9.78 Å². The lowest BCUT2D eigenvalue weighted by Crippen LogP contribution is -2.67. The second-order valence-corrected chi connectivity index (χ2v) is 8.15. The van der Waals surface area contributed by atoms with Crippen molar-refractivity contribution in [3.05, 3.63) is 17.3 Å². The Morgan fingerprint density at radius 2 is 2.04 bits per heavy atom. The third-order valence-corrected chi connectivity index (χ3v) is 5.12. The van der Waals surface area contributed by atoms with Crippen LogP contribution in [0.4, 0.5) is 4.79 Å². The number of hydrogen-bond donors (Lipinski definition) is 0. The fraction of sp³-hybridized carbons (Fsp3) is 0.778. The van der Waals surface area contributed by atoms with Crippen LogP contribution in [-0.4, -0.2) is 51.7 Å². The third-order valence-electron chi connectivity index (χ3n) is 5.12. The van der Waals surface area contributed by atoms with Gasteiger partial charge in [-0.3, -0.25) is 4.90 Å². The molecular weight excluding hydrogens is 306 g/mol. The van der Waals surface area contributed by atoms with Gasteiger partial charge in [-0.1, -0.05) is 0 Å². The predicted molar refractivity (Wildman–Crippen MR) is 90.8 cm³/mol. The summed E-state index contributed by atoms with van der Waals surface area (Å²) in [6, 6.07) is 0. The molecule has 0 aliphatic carbocycles. The average Bonchev–Trinajstić information content (AvgIpc) is 2.81. The van der Waals surface area contributed by atoms with Gasteiger partial charge in [0.05, 0.1) is 12.2 Å². The molecule has 2 aliphatic heterocycles. The van der Waals surface area contributed by atoms with E-state index in [1.54, 1.807) is 0 Å². The maximum Gasteiger partial charge on any atom is 0.410 e. The highest BCUT2D eigenvalue weighted by atomic mass is 16.6. The maximum absolute atomic E-state index is 12.4. The molecule has 6 heteroatoms. The first kappa shape index (κ1) is 17.3. The van der Waals surface area contributed by atoms with Crippen LogP contribution in [0, 0.1) is 13.8 Å². The van der Waals surface area contributed by atoms with E-state index in [1.807, 2.05) is 39.5 Å². The molecule has 2 saturated heterocycles. The standard InChI is InChI=1S/C18H29N3O3/c1-13-14(2)23-15(19-13)11-21-10-8-18(21)7-6-9-20(12-18)16(22)24-17(3,4)5/h6-12H2,1-5H3. The van der Waals surface area contributed by atoms with E-state index in [4.69, 9.17) is 9.15 Å². The number of ether oxygens (including phenoxy) is 1. The number of amides is 1. The minimum Gasteiger partial charge on any atom is -0.444 e. The van der Waals surface area contributed by atoms with Gasteiger partial charge in [0.2, 0.25) is 5.89 Å². The largest absolute Gasteiger partial charge is 0.444 e. The summed E-state index contributed by atoms with van der Waals surface area (Å²) in [6.07, 6.45) is 3.05. The van der Waals surface area contributed by atoms with Crippen LogP contribution in [0.15, 0.2) is 4.42 Å². The highest BCUT2D eigenvalue weighted by molar-refractivity contribution is 5.68. The summed E-state index contributed by atoms with van der Waals surface area (Å²) in [4.78, 5) is 21.2. The summed E-state index contributed by atoms with van der Waals surface area (Å²) in [5, 5.41) is 0. The van der Waals surface area contributed by atoms with Crippen LogP contribution in [-0.2, 0) is 11.3 Å². The lowest BCUT2D eigenvalue weighted by Gasteiger charge is -2.56. The zero-order valence-electron chi connectivity index (χ0n) is 15.5. The first-order valence-corrected chi connectivity index (χ1v) is 8.84. The summed E-state index contributed by atoms with van der Waals surface area (Å²) in [6.45, 7) is 12.9. The molecule has 2 fully saturated rings. The number of oxazole rings is 1. The number of likely N-dealkylation sites (tertiary alicyclic amines) is 2. The number of piperidine rings is 1. The molecule has 1 spiro atoms. The van der Waals surface area contributed by atoms with Crippen LogP contribution in [0.3, 0.4) is 0 Å². The van der Waals surface area contributed by atoms with E-state index in [2.05, 4.69) is 9.88 Å². The lowest BCUT2D eigenvalue weighted by molar-refractivity contribution is -0.0778. The highest BCUT2D eigenvalue weighted by Gasteiger charge is 2.48. The maximum atomic E-state index is 12.4. The molecule has 0 saturated carbocycles. The van der Waals surface area contributed by atoms with Gasteiger partial charge in [-0.2, -0.15) is 0 Å². The van der Waals surface area contributed by atoms with Crippen LogP contribution < -0.4 is 0 Å². The fourth-order valence-electron chi connectivity index (χ4n) is 3.66. The molecule has 3 rings (SSSR count). The highest BCUT2D eigenvalue weighted by Crippen LogP contribution is 2.40. The molecule has 1 aromatic rings. The Bertz CT molecular complexity index is 600. The van der Waals surface area contributed by atoms with Crippen LogP contribution in [0.5, 0.6) is 0 Å². The molecule has 0 aromatic carbocycles. The van der Waals surface area contributed by atoms with E-state index >= 15 is 0 Å². The lowest BCUT2D eigenvalue weighted by atomic mass is 9.77. The van der Waals surface area contributed by atoms with E-state index in [9.17, 15) is 4.79 Å². The molecule has 0 bridgehead atoms. The first-order valence-electron chi connectivity index (χ1n) is 8.84. The Labute approximate surface area is 144 Å². The number of nitrogens with zero attached hydrogens (tertiary/aromatic N) is 3. The Morgan fingerprint density at radius 1 is 1.29 bits per heavy atom. The summed E-state index contributed by atoms with van der Waals surface area (Å²) < 4.78 is 11.3. The van der Waals surface area contributed by atoms with Crippen LogP contribution in [0.25, 0.3) is 0 Å². The Hall–Kier alpha value is -1.56. The Balaban J connectivity index is 1.65. The van der Waals surface area contributed by atoms with Crippen LogP contribution >= 0.6 is 0 Å².